The molecule has 0 spiro atoms. The maximum atomic E-state index is 13.2. The molecular formula is C27H26N4O4S. The van der Waals surface area contributed by atoms with Crippen molar-refractivity contribution in [1.82, 2.24) is 10.3 Å². The van der Waals surface area contributed by atoms with E-state index in [1.54, 1.807) is 24.3 Å². The van der Waals surface area contributed by atoms with Crippen molar-refractivity contribution in [3.63, 3.8) is 0 Å². The minimum atomic E-state index is -0.635. The monoisotopic (exact) mass is 502 g/mol. The summed E-state index contributed by atoms with van der Waals surface area (Å²) in [5.41, 5.74) is 8.91. The third kappa shape index (κ3) is 6.07. The Balaban J connectivity index is 1.53. The number of amides is 2. The van der Waals surface area contributed by atoms with Gasteiger partial charge in [0.1, 0.15) is 17.2 Å². The van der Waals surface area contributed by atoms with E-state index in [4.69, 9.17) is 15.2 Å². The third-order valence-corrected chi connectivity index (χ3v) is 6.32. The molecule has 4 rings (SSSR count). The second-order valence-corrected chi connectivity index (χ2v) is 8.77. The lowest BCUT2D eigenvalue weighted by molar-refractivity contribution is 0.0954. The van der Waals surface area contributed by atoms with Gasteiger partial charge in [-0.05, 0) is 28.8 Å². The first-order chi connectivity index (χ1) is 17.6. The third-order valence-electron chi connectivity index (χ3n) is 5.33. The van der Waals surface area contributed by atoms with Gasteiger partial charge in [-0.25, -0.2) is 14.7 Å². The Labute approximate surface area is 213 Å². The Morgan fingerprint density at radius 3 is 2.36 bits per heavy atom. The van der Waals surface area contributed by atoms with Crippen LogP contribution < -0.4 is 20.7 Å². The standard InChI is InChI=1S/C27H26N4O4S/c1-34-23-10-6-5-9-22(23)31(27(33)35-18-21-7-3-2-4-8-21)26-30-17-24(36-26)25(32)29-16-20-13-11-19(15-28)12-14-20/h2-14,17H,15-16,18,28H2,1H3,(H,29,32). The summed E-state index contributed by atoms with van der Waals surface area (Å²) in [7, 11) is 1.52. The van der Waals surface area contributed by atoms with E-state index < -0.39 is 6.09 Å². The summed E-state index contributed by atoms with van der Waals surface area (Å²) in [6, 6.07) is 24.1. The summed E-state index contributed by atoms with van der Waals surface area (Å²) in [4.78, 5) is 32.1. The number of anilines is 2. The molecule has 0 saturated heterocycles. The van der Waals surface area contributed by atoms with Crippen LogP contribution in [0.2, 0.25) is 0 Å². The van der Waals surface area contributed by atoms with Crippen LogP contribution in [-0.2, 0) is 24.4 Å². The molecule has 0 radical (unpaired) electrons. The molecule has 0 aliphatic heterocycles. The normalized spacial score (nSPS) is 10.5. The molecule has 0 unspecified atom stereocenters. The van der Waals surface area contributed by atoms with E-state index >= 15 is 0 Å². The Morgan fingerprint density at radius 2 is 1.64 bits per heavy atom. The highest BCUT2D eigenvalue weighted by atomic mass is 32.1. The Bertz CT molecular complexity index is 1310. The van der Waals surface area contributed by atoms with Crippen molar-refractivity contribution in [2.75, 3.05) is 12.0 Å². The van der Waals surface area contributed by atoms with Crippen molar-refractivity contribution in [1.29, 1.82) is 0 Å². The number of ether oxygens (including phenoxy) is 2. The lowest BCUT2D eigenvalue weighted by Crippen LogP contribution is -2.27. The van der Waals surface area contributed by atoms with Crippen LogP contribution in [0.4, 0.5) is 15.6 Å². The Kier molecular flexibility index (Phi) is 8.28. The number of carbonyl (C=O) groups is 2. The number of para-hydroxylation sites is 2. The SMILES string of the molecule is COc1ccccc1N(C(=O)OCc1ccccc1)c1ncc(C(=O)NCc2ccc(CN)cc2)s1. The van der Waals surface area contributed by atoms with Gasteiger partial charge in [0.2, 0.25) is 0 Å². The predicted molar refractivity (Wildman–Crippen MR) is 139 cm³/mol. The van der Waals surface area contributed by atoms with Gasteiger partial charge in [-0.3, -0.25) is 4.79 Å². The van der Waals surface area contributed by atoms with Crippen molar-refractivity contribution < 1.29 is 19.1 Å². The van der Waals surface area contributed by atoms with Crippen LogP contribution in [0, 0.1) is 0 Å². The maximum Gasteiger partial charge on any atom is 0.421 e. The van der Waals surface area contributed by atoms with Gasteiger partial charge in [-0.2, -0.15) is 0 Å². The minimum absolute atomic E-state index is 0.0903. The zero-order chi connectivity index (χ0) is 25.3. The zero-order valence-electron chi connectivity index (χ0n) is 19.7. The van der Waals surface area contributed by atoms with Crippen molar-refractivity contribution in [3.05, 3.63) is 107 Å². The largest absolute Gasteiger partial charge is 0.495 e. The lowest BCUT2D eigenvalue weighted by atomic mass is 10.1. The van der Waals surface area contributed by atoms with E-state index in [1.165, 1.54) is 18.2 Å². The summed E-state index contributed by atoms with van der Waals surface area (Å²) in [6.45, 7) is 0.909. The summed E-state index contributed by atoms with van der Waals surface area (Å²) in [5, 5.41) is 3.17. The number of nitrogens with two attached hydrogens (primary N) is 1. The van der Waals surface area contributed by atoms with Gasteiger partial charge in [0.15, 0.2) is 5.13 Å². The van der Waals surface area contributed by atoms with Crippen LogP contribution in [-0.4, -0.2) is 24.1 Å². The van der Waals surface area contributed by atoms with Crippen molar-refractivity contribution in [2.24, 2.45) is 5.73 Å². The number of hydrogen-bond donors (Lipinski definition) is 2. The van der Waals surface area contributed by atoms with Crippen LogP contribution in [0.15, 0.2) is 85.1 Å². The molecule has 0 bridgehead atoms. The predicted octanol–water partition coefficient (Wildman–Crippen LogP) is 5.02. The average molecular weight is 503 g/mol. The van der Waals surface area contributed by atoms with E-state index in [1.807, 2.05) is 54.6 Å². The molecule has 2 amide bonds. The van der Waals surface area contributed by atoms with Gasteiger partial charge in [-0.15, -0.1) is 0 Å². The number of aromatic nitrogens is 1. The molecule has 36 heavy (non-hydrogen) atoms. The maximum absolute atomic E-state index is 13.2. The molecule has 4 aromatic rings. The Hall–Kier alpha value is -4.21. The van der Waals surface area contributed by atoms with Crippen LogP contribution in [0.1, 0.15) is 26.4 Å². The van der Waals surface area contributed by atoms with Crippen LogP contribution in [0.3, 0.4) is 0 Å². The molecule has 8 nitrogen and oxygen atoms in total. The van der Waals surface area contributed by atoms with Crippen LogP contribution >= 0.6 is 11.3 Å². The molecule has 1 aromatic heterocycles. The summed E-state index contributed by atoms with van der Waals surface area (Å²) >= 11 is 1.08. The minimum Gasteiger partial charge on any atom is -0.495 e. The number of nitrogens with zero attached hydrogens (tertiary/aromatic N) is 2. The molecule has 184 valence electrons. The smallest absolute Gasteiger partial charge is 0.421 e. The number of rotatable bonds is 9. The van der Waals surface area contributed by atoms with E-state index in [2.05, 4.69) is 10.3 Å². The second-order valence-electron chi connectivity index (χ2n) is 7.76. The highest BCUT2D eigenvalue weighted by Gasteiger charge is 2.27. The summed E-state index contributed by atoms with van der Waals surface area (Å²) in [6.07, 6.45) is 0.810. The van der Waals surface area contributed by atoms with Crippen molar-refractivity contribution in [2.45, 2.75) is 19.7 Å². The fraction of sp³-hybridized carbons (Fsp3) is 0.148. The van der Waals surface area contributed by atoms with E-state index in [9.17, 15) is 9.59 Å². The highest BCUT2D eigenvalue weighted by Crippen LogP contribution is 2.36. The molecular weight excluding hydrogens is 476 g/mol. The van der Waals surface area contributed by atoms with Crippen molar-refractivity contribution in [3.8, 4) is 5.75 Å². The van der Waals surface area contributed by atoms with E-state index in [0.29, 0.717) is 29.4 Å². The first kappa shape index (κ1) is 24.9. The quantitative estimate of drug-likeness (QED) is 0.333. The van der Waals surface area contributed by atoms with E-state index in [-0.39, 0.29) is 17.6 Å². The van der Waals surface area contributed by atoms with Gasteiger partial charge in [0.05, 0.1) is 19.0 Å². The fourth-order valence-electron chi connectivity index (χ4n) is 3.41. The number of benzene rings is 3. The molecule has 3 aromatic carbocycles. The summed E-state index contributed by atoms with van der Waals surface area (Å²) in [5.74, 6) is 0.176. The molecule has 9 heteroatoms. The second kappa shape index (κ2) is 12.0. The average Bonchev–Trinajstić information content (AvgIpc) is 3.41. The molecule has 0 atom stereocenters. The number of methoxy groups -OCH3 is 1. The number of thiazole rings is 1. The lowest BCUT2D eigenvalue weighted by Gasteiger charge is -2.21. The van der Waals surface area contributed by atoms with Crippen molar-refractivity contribution >= 4 is 34.2 Å². The van der Waals surface area contributed by atoms with Crippen LogP contribution in [0.5, 0.6) is 5.75 Å². The number of nitrogens with one attached hydrogen (secondary N) is 1. The van der Waals surface area contributed by atoms with Gasteiger partial charge >= 0.3 is 6.09 Å². The number of carbonyl (C=O) groups excluding carboxylic acids is 2. The first-order valence-electron chi connectivity index (χ1n) is 11.2. The molecule has 3 N–H and O–H groups in total. The molecule has 0 saturated carbocycles. The molecule has 0 fully saturated rings. The van der Waals surface area contributed by atoms with Gasteiger partial charge in [-0.1, -0.05) is 78.1 Å². The van der Waals surface area contributed by atoms with Crippen LogP contribution in [0.25, 0.3) is 0 Å². The van der Waals surface area contributed by atoms with Gasteiger partial charge in [0.25, 0.3) is 5.91 Å². The highest BCUT2D eigenvalue weighted by molar-refractivity contribution is 7.17. The molecule has 1 heterocycles. The number of hydrogen-bond acceptors (Lipinski definition) is 7. The van der Waals surface area contributed by atoms with Gasteiger partial charge < -0.3 is 20.5 Å². The molecule has 0 aliphatic rings. The summed E-state index contributed by atoms with van der Waals surface area (Å²) < 4.78 is 11.0. The van der Waals surface area contributed by atoms with E-state index in [0.717, 1.165) is 28.0 Å². The Morgan fingerprint density at radius 1 is 0.944 bits per heavy atom. The van der Waals surface area contributed by atoms with Gasteiger partial charge in [0, 0.05) is 13.1 Å². The first-order valence-corrected chi connectivity index (χ1v) is 12.1. The zero-order valence-corrected chi connectivity index (χ0v) is 20.5. The topological polar surface area (TPSA) is 107 Å². The fourth-order valence-corrected chi connectivity index (χ4v) is 4.25. The molecule has 0 aliphatic carbocycles.